The van der Waals surface area contributed by atoms with Crippen molar-refractivity contribution in [3.63, 3.8) is 0 Å². The van der Waals surface area contributed by atoms with E-state index in [1.54, 1.807) is 4.90 Å². The number of hydrogen-bond donors (Lipinski definition) is 2. The van der Waals surface area contributed by atoms with Gasteiger partial charge in [0.05, 0.1) is 13.2 Å². The summed E-state index contributed by atoms with van der Waals surface area (Å²) in [5, 5.41) is 6.18. The van der Waals surface area contributed by atoms with Crippen LogP contribution in [0.15, 0.2) is 48.5 Å². The second kappa shape index (κ2) is 11.7. The lowest BCUT2D eigenvalue weighted by Gasteiger charge is -2.34. The van der Waals surface area contributed by atoms with E-state index in [1.165, 1.54) is 36.4 Å². The topological polar surface area (TPSA) is 73.9 Å². The van der Waals surface area contributed by atoms with E-state index in [0.717, 1.165) is 25.1 Å². The molecule has 0 spiro atoms. The van der Waals surface area contributed by atoms with E-state index >= 15 is 0 Å². The van der Waals surface area contributed by atoms with Gasteiger partial charge in [0.25, 0.3) is 5.91 Å². The van der Waals surface area contributed by atoms with E-state index in [1.807, 2.05) is 19.2 Å². The van der Waals surface area contributed by atoms with Crippen molar-refractivity contribution in [2.75, 3.05) is 53.0 Å². The van der Waals surface area contributed by atoms with Crippen molar-refractivity contribution in [2.24, 2.45) is 0 Å². The standard InChI is InChI=1S/C26H32F2N4O3/c1-31-11-13-32(14-12-31)26(34)24(30-25(33)19-4-8-21(28)9-5-19)17-35-15-10-29-23-16-22(23)18-2-6-20(27)7-3-18/h2-9,22-24,29H,10-17H2,1H3,(H,30,33). The molecule has 1 aliphatic heterocycles. The Bertz CT molecular complexity index is 995. The molecule has 2 aliphatic rings. The predicted molar refractivity (Wildman–Crippen MR) is 128 cm³/mol. The average Bonchev–Trinajstić information content (AvgIpc) is 3.63. The smallest absolute Gasteiger partial charge is 0.251 e. The van der Waals surface area contributed by atoms with Crippen molar-refractivity contribution >= 4 is 11.8 Å². The Labute approximate surface area is 204 Å². The molecule has 0 bridgehead atoms. The number of hydrogen-bond acceptors (Lipinski definition) is 5. The summed E-state index contributed by atoms with van der Waals surface area (Å²) in [6, 6.07) is 11.3. The van der Waals surface area contributed by atoms with Gasteiger partial charge in [0.15, 0.2) is 0 Å². The molecule has 0 aromatic heterocycles. The van der Waals surface area contributed by atoms with E-state index in [2.05, 4.69) is 15.5 Å². The number of carbonyl (C=O) groups excluding carboxylic acids is 2. The third-order valence-corrected chi connectivity index (χ3v) is 6.55. The Balaban J connectivity index is 1.26. The molecule has 1 aliphatic carbocycles. The van der Waals surface area contributed by atoms with Crippen LogP contribution >= 0.6 is 0 Å². The molecule has 2 fully saturated rings. The largest absolute Gasteiger partial charge is 0.377 e. The van der Waals surface area contributed by atoms with Crippen LogP contribution in [0, 0.1) is 11.6 Å². The van der Waals surface area contributed by atoms with Gasteiger partial charge < -0.3 is 25.2 Å². The van der Waals surface area contributed by atoms with Gasteiger partial charge in [-0.2, -0.15) is 0 Å². The van der Waals surface area contributed by atoms with Gasteiger partial charge in [-0.3, -0.25) is 9.59 Å². The van der Waals surface area contributed by atoms with E-state index < -0.39 is 17.8 Å². The Morgan fingerprint density at radius 1 is 1.00 bits per heavy atom. The maximum atomic E-state index is 13.2. The van der Waals surface area contributed by atoms with Crippen molar-refractivity contribution in [3.05, 3.63) is 71.3 Å². The predicted octanol–water partition coefficient (Wildman–Crippen LogP) is 2.00. The molecule has 3 unspecified atom stereocenters. The van der Waals surface area contributed by atoms with Gasteiger partial charge in [-0.15, -0.1) is 0 Å². The summed E-state index contributed by atoms with van der Waals surface area (Å²) in [4.78, 5) is 29.7. The minimum atomic E-state index is -0.830. The van der Waals surface area contributed by atoms with E-state index in [-0.39, 0.29) is 23.9 Å². The number of benzene rings is 2. The van der Waals surface area contributed by atoms with Crippen LogP contribution < -0.4 is 10.6 Å². The number of nitrogens with zero attached hydrogens (tertiary/aromatic N) is 2. The van der Waals surface area contributed by atoms with Crippen LogP contribution in [0.25, 0.3) is 0 Å². The lowest BCUT2D eigenvalue weighted by Crippen LogP contribution is -2.55. The van der Waals surface area contributed by atoms with Gasteiger partial charge in [0.1, 0.15) is 17.7 Å². The van der Waals surface area contributed by atoms with Gasteiger partial charge in [-0.25, -0.2) is 8.78 Å². The number of halogens is 2. The maximum absolute atomic E-state index is 13.2. The number of rotatable bonds is 10. The van der Waals surface area contributed by atoms with Gasteiger partial charge in [0, 0.05) is 50.2 Å². The molecule has 188 valence electrons. The summed E-state index contributed by atoms with van der Waals surface area (Å²) >= 11 is 0. The highest BCUT2D eigenvalue weighted by Gasteiger charge is 2.37. The molecular weight excluding hydrogens is 454 g/mol. The first-order valence-corrected chi connectivity index (χ1v) is 12.0. The Morgan fingerprint density at radius 2 is 1.63 bits per heavy atom. The molecule has 1 saturated heterocycles. The fraction of sp³-hybridized carbons (Fsp3) is 0.462. The van der Waals surface area contributed by atoms with Gasteiger partial charge in [0.2, 0.25) is 5.91 Å². The molecule has 2 aromatic carbocycles. The molecule has 9 heteroatoms. The molecule has 35 heavy (non-hydrogen) atoms. The second-order valence-electron chi connectivity index (χ2n) is 9.19. The molecule has 2 amide bonds. The average molecular weight is 487 g/mol. The fourth-order valence-corrected chi connectivity index (χ4v) is 4.28. The number of piperazine rings is 1. The third-order valence-electron chi connectivity index (χ3n) is 6.55. The van der Waals surface area contributed by atoms with E-state index in [0.29, 0.717) is 38.2 Å². The van der Waals surface area contributed by atoms with Crippen molar-refractivity contribution in [2.45, 2.75) is 24.4 Å². The van der Waals surface area contributed by atoms with Crippen LogP contribution in [0.1, 0.15) is 28.3 Å². The number of amides is 2. The highest BCUT2D eigenvalue weighted by atomic mass is 19.1. The summed E-state index contributed by atoms with van der Waals surface area (Å²) < 4.78 is 32.1. The first-order valence-electron chi connectivity index (χ1n) is 12.0. The van der Waals surface area contributed by atoms with Crippen LogP contribution in [-0.4, -0.2) is 86.7 Å². The lowest BCUT2D eigenvalue weighted by atomic mass is 10.1. The quantitative estimate of drug-likeness (QED) is 0.503. The highest BCUT2D eigenvalue weighted by molar-refractivity contribution is 5.97. The molecular formula is C26H32F2N4O3. The molecule has 7 nitrogen and oxygen atoms in total. The van der Waals surface area contributed by atoms with Crippen molar-refractivity contribution in [1.29, 1.82) is 0 Å². The van der Waals surface area contributed by atoms with E-state index in [4.69, 9.17) is 4.74 Å². The highest BCUT2D eigenvalue weighted by Crippen LogP contribution is 2.40. The summed E-state index contributed by atoms with van der Waals surface area (Å²) in [7, 11) is 2.01. The first-order chi connectivity index (χ1) is 16.9. The van der Waals surface area contributed by atoms with Crippen LogP contribution in [0.4, 0.5) is 8.78 Å². The molecule has 2 N–H and O–H groups in total. The van der Waals surface area contributed by atoms with Gasteiger partial charge in [-0.1, -0.05) is 12.1 Å². The zero-order valence-electron chi connectivity index (χ0n) is 19.9. The minimum Gasteiger partial charge on any atom is -0.377 e. The first kappa shape index (κ1) is 25.2. The summed E-state index contributed by atoms with van der Waals surface area (Å²) in [6.45, 7) is 3.75. The Hall–Kier alpha value is -2.88. The number of carbonyl (C=O) groups is 2. The van der Waals surface area contributed by atoms with Crippen LogP contribution in [0.2, 0.25) is 0 Å². The fourth-order valence-electron chi connectivity index (χ4n) is 4.28. The number of nitrogens with one attached hydrogen (secondary N) is 2. The normalized spacial score (nSPS) is 20.9. The molecule has 0 radical (unpaired) electrons. The minimum absolute atomic E-state index is 0.0475. The maximum Gasteiger partial charge on any atom is 0.251 e. The lowest BCUT2D eigenvalue weighted by molar-refractivity contribution is -0.136. The number of ether oxygens (including phenoxy) is 1. The molecule has 1 heterocycles. The number of likely N-dealkylation sites (N-methyl/N-ethyl adjacent to an activating group) is 1. The summed E-state index contributed by atoms with van der Waals surface area (Å²) in [5.74, 6) is -0.921. The third kappa shape index (κ3) is 7.06. The molecule has 4 rings (SSSR count). The van der Waals surface area contributed by atoms with Gasteiger partial charge >= 0.3 is 0 Å². The van der Waals surface area contributed by atoms with Crippen molar-refractivity contribution in [1.82, 2.24) is 20.4 Å². The molecule has 1 saturated carbocycles. The van der Waals surface area contributed by atoms with E-state index in [9.17, 15) is 18.4 Å². The monoisotopic (exact) mass is 486 g/mol. The zero-order chi connectivity index (χ0) is 24.8. The zero-order valence-corrected chi connectivity index (χ0v) is 19.9. The SMILES string of the molecule is CN1CCN(C(=O)C(COCCNC2CC2c2ccc(F)cc2)NC(=O)c2ccc(F)cc2)CC1. The van der Waals surface area contributed by atoms with Crippen molar-refractivity contribution in [3.8, 4) is 0 Å². The van der Waals surface area contributed by atoms with Crippen LogP contribution in [0.5, 0.6) is 0 Å². The molecule has 3 atom stereocenters. The van der Waals surface area contributed by atoms with Crippen LogP contribution in [-0.2, 0) is 9.53 Å². The summed E-state index contributed by atoms with van der Waals surface area (Å²) in [6.07, 6.45) is 0.990. The van der Waals surface area contributed by atoms with Gasteiger partial charge in [-0.05, 0) is 55.4 Å². The van der Waals surface area contributed by atoms with Crippen LogP contribution in [0.3, 0.4) is 0 Å². The summed E-state index contributed by atoms with van der Waals surface area (Å²) in [5.41, 5.74) is 1.40. The Morgan fingerprint density at radius 3 is 2.29 bits per heavy atom. The Kier molecular flexibility index (Phi) is 8.43. The molecule has 2 aromatic rings. The second-order valence-corrected chi connectivity index (χ2v) is 9.19. The van der Waals surface area contributed by atoms with Crippen molar-refractivity contribution < 1.29 is 23.1 Å².